The Morgan fingerprint density at radius 3 is 2.00 bits per heavy atom. The van der Waals surface area contributed by atoms with Gasteiger partial charge < -0.3 is 0 Å². The van der Waals surface area contributed by atoms with Gasteiger partial charge in [0, 0.05) is 10.8 Å². The Labute approximate surface area is 165 Å². The minimum Gasteiger partial charge on any atom is -0.0630 e. The Morgan fingerprint density at radius 1 is 0.667 bits per heavy atom. The molecule has 0 aliphatic heterocycles. The summed E-state index contributed by atoms with van der Waals surface area (Å²) in [7, 11) is 0. The van der Waals surface area contributed by atoms with Crippen LogP contribution in [-0.2, 0) is 0 Å². The minimum absolute atomic E-state index is 0.167. The Morgan fingerprint density at radius 2 is 1.37 bits per heavy atom. The minimum atomic E-state index is 0.167. The average molecular weight is 359 g/mol. The van der Waals surface area contributed by atoms with Crippen LogP contribution in [0.2, 0.25) is 0 Å². The lowest BCUT2D eigenvalue weighted by molar-refractivity contribution is 0.490. The predicted octanol–water partition coefficient (Wildman–Crippen LogP) is 7.63. The smallest absolute Gasteiger partial charge is 0.0155 e. The predicted molar refractivity (Wildman–Crippen MR) is 115 cm³/mol. The first kappa shape index (κ1) is 17.5. The van der Waals surface area contributed by atoms with Crippen molar-refractivity contribution in [2.75, 3.05) is 0 Å². The van der Waals surface area contributed by atoms with E-state index in [0.29, 0.717) is 11.8 Å². The van der Waals surface area contributed by atoms with E-state index >= 15 is 0 Å². The van der Waals surface area contributed by atoms with E-state index in [0.717, 1.165) is 0 Å². The van der Waals surface area contributed by atoms with Crippen LogP contribution < -0.4 is 0 Å². The molecule has 0 aromatic rings. The van der Waals surface area contributed by atoms with Gasteiger partial charge in [-0.2, -0.15) is 0 Å². The van der Waals surface area contributed by atoms with Crippen molar-refractivity contribution in [1.29, 1.82) is 0 Å². The van der Waals surface area contributed by atoms with Gasteiger partial charge in [-0.1, -0.05) is 78.7 Å². The van der Waals surface area contributed by atoms with Crippen LogP contribution in [0.1, 0.15) is 74.7 Å². The fraction of sp³-hybridized carbons (Fsp3) is 0.556. The molecular weight excluding hydrogens is 324 g/mol. The van der Waals surface area contributed by atoms with Crippen LogP contribution in [0.15, 0.2) is 67.9 Å². The van der Waals surface area contributed by atoms with Crippen molar-refractivity contribution in [3.05, 3.63) is 67.9 Å². The number of rotatable bonds is 2. The van der Waals surface area contributed by atoms with Crippen molar-refractivity contribution in [3.63, 3.8) is 0 Å². The maximum absolute atomic E-state index is 2.57. The van der Waals surface area contributed by atoms with Crippen LogP contribution in [0.3, 0.4) is 0 Å². The molecule has 27 heavy (non-hydrogen) atoms. The SMILES string of the molecule is CC(C)C1=CC2=C(C1)C1=C(C2)C2=C(C1)C1=C(C=C(C(C)C)C1(C)C)C2(C)C. The van der Waals surface area contributed by atoms with Crippen LogP contribution in [0.5, 0.6) is 0 Å². The highest BCUT2D eigenvalue weighted by Crippen LogP contribution is 2.67. The van der Waals surface area contributed by atoms with E-state index in [9.17, 15) is 0 Å². The van der Waals surface area contributed by atoms with Gasteiger partial charge >= 0.3 is 0 Å². The average Bonchev–Trinajstić information content (AvgIpc) is 3.25. The van der Waals surface area contributed by atoms with Gasteiger partial charge in [-0.05, 0) is 75.7 Å². The second kappa shape index (κ2) is 5.07. The van der Waals surface area contributed by atoms with E-state index in [1.807, 2.05) is 0 Å². The number of fused-ring (bicyclic) bond motifs is 3. The zero-order valence-electron chi connectivity index (χ0n) is 18.4. The topological polar surface area (TPSA) is 0 Å². The van der Waals surface area contributed by atoms with E-state index in [-0.39, 0.29) is 10.8 Å². The zero-order valence-corrected chi connectivity index (χ0v) is 18.4. The molecule has 142 valence electrons. The molecule has 0 N–H and O–H groups in total. The lowest BCUT2D eigenvalue weighted by atomic mass is 9.73. The van der Waals surface area contributed by atoms with E-state index in [4.69, 9.17) is 0 Å². The molecule has 0 bridgehead atoms. The first-order valence-corrected chi connectivity index (χ1v) is 10.9. The molecule has 5 aliphatic carbocycles. The molecule has 0 nitrogen and oxygen atoms in total. The molecule has 0 unspecified atom stereocenters. The molecule has 0 aromatic carbocycles. The summed E-state index contributed by atoms with van der Waals surface area (Å²) in [5, 5.41) is 0. The van der Waals surface area contributed by atoms with Gasteiger partial charge in [0.05, 0.1) is 0 Å². The molecule has 0 atom stereocenters. The fourth-order valence-corrected chi connectivity index (χ4v) is 6.80. The van der Waals surface area contributed by atoms with Gasteiger partial charge in [-0.15, -0.1) is 0 Å². The third kappa shape index (κ3) is 2.00. The van der Waals surface area contributed by atoms with Crippen LogP contribution in [0, 0.1) is 22.7 Å². The van der Waals surface area contributed by atoms with Crippen molar-refractivity contribution < 1.29 is 0 Å². The zero-order chi connectivity index (χ0) is 19.5. The lowest BCUT2D eigenvalue weighted by Gasteiger charge is -2.31. The maximum Gasteiger partial charge on any atom is 0.0155 e. The van der Waals surface area contributed by atoms with Gasteiger partial charge in [0.25, 0.3) is 0 Å². The third-order valence-corrected chi connectivity index (χ3v) is 8.06. The van der Waals surface area contributed by atoms with Gasteiger partial charge in [0.15, 0.2) is 0 Å². The molecule has 0 radical (unpaired) electrons. The normalized spacial score (nSPS) is 27.2. The van der Waals surface area contributed by atoms with Crippen molar-refractivity contribution >= 4 is 0 Å². The lowest BCUT2D eigenvalue weighted by Crippen LogP contribution is -2.19. The highest BCUT2D eigenvalue weighted by atomic mass is 14.6. The highest BCUT2D eigenvalue weighted by Gasteiger charge is 2.53. The molecule has 0 aromatic heterocycles. The number of hydrogen-bond donors (Lipinski definition) is 0. The molecule has 0 heteroatoms. The summed E-state index contributed by atoms with van der Waals surface area (Å²) < 4.78 is 0. The molecule has 5 rings (SSSR count). The standard InChI is InChI=1S/C27H34/c1-14(2)16-9-17-11-20-19(18(17)10-16)12-21-24(20)27(7,8)23-13-22(15(3)4)26(5,6)25(21)23/h9,13-15H,10-12H2,1-8H3. The monoisotopic (exact) mass is 358 g/mol. The van der Waals surface area contributed by atoms with Crippen LogP contribution in [0.25, 0.3) is 0 Å². The molecule has 0 fully saturated rings. The Balaban J connectivity index is 1.53. The first-order valence-electron chi connectivity index (χ1n) is 10.9. The van der Waals surface area contributed by atoms with Crippen LogP contribution in [-0.4, -0.2) is 0 Å². The summed E-state index contributed by atoms with van der Waals surface area (Å²) in [6.07, 6.45) is 8.68. The Hall–Kier alpha value is -1.56. The molecule has 5 aliphatic rings. The van der Waals surface area contributed by atoms with Gasteiger partial charge in [-0.3, -0.25) is 0 Å². The van der Waals surface area contributed by atoms with E-state index in [1.165, 1.54) is 19.3 Å². The van der Waals surface area contributed by atoms with Crippen LogP contribution in [0.4, 0.5) is 0 Å². The van der Waals surface area contributed by atoms with Crippen LogP contribution >= 0.6 is 0 Å². The second-order valence-electron chi connectivity index (χ2n) is 11.0. The molecule has 0 heterocycles. The fourth-order valence-electron chi connectivity index (χ4n) is 6.80. The summed E-state index contributed by atoms with van der Waals surface area (Å²) >= 11 is 0. The second-order valence-corrected chi connectivity index (χ2v) is 11.0. The molecule has 0 spiro atoms. The third-order valence-electron chi connectivity index (χ3n) is 8.06. The largest absolute Gasteiger partial charge is 0.0630 e. The summed E-state index contributed by atoms with van der Waals surface area (Å²) in [5.74, 6) is 1.30. The summed E-state index contributed by atoms with van der Waals surface area (Å²) in [5.41, 5.74) is 17.0. The summed E-state index contributed by atoms with van der Waals surface area (Å²) in [6, 6.07) is 0. The van der Waals surface area contributed by atoms with E-state index < -0.39 is 0 Å². The van der Waals surface area contributed by atoms with E-state index in [1.54, 1.807) is 55.7 Å². The van der Waals surface area contributed by atoms with Crippen molar-refractivity contribution in [3.8, 4) is 0 Å². The van der Waals surface area contributed by atoms with Gasteiger partial charge in [-0.25, -0.2) is 0 Å². The maximum atomic E-state index is 2.57. The Kier molecular flexibility index (Phi) is 3.30. The van der Waals surface area contributed by atoms with Gasteiger partial charge in [0.2, 0.25) is 0 Å². The summed E-state index contributed by atoms with van der Waals surface area (Å²) in [6.45, 7) is 19.3. The van der Waals surface area contributed by atoms with Crippen molar-refractivity contribution in [1.82, 2.24) is 0 Å². The van der Waals surface area contributed by atoms with Crippen molar-refractivity contribution in [2.45, 2.75) is 74.7 Å². The number of allylic oxidation sites excluding steroid dienone is 12. The van der Waals surface area contributed by atoms with Gasteiger partial charge in [0.1, 0.15) is 0 Å². The molecule has 0 saturated heterocycles. The summed E-state index contributed by atoms with van der Waals surface area (Å²) in [4.78, 5) is 0. The quantitative estimate of drug-likeness (QED) is 0.476. The Bertz CT molecular complexity index is 971. The number of hydrogen-bond acceptors (Lipinski definition) is 0. The molecular formula is C27H34. The molecule has 0 saturated carbocycles. The van der Waals surface area contributed by atoms with Crippen molar-refractivity contribution in [2.24, 2.45) is 22.7 Å². The van der Waals surface area contributed by atoms with E-state index in [2.05, 4.69) is 67.5 Å². The highest BCUT2D eigenvalue weighted by molar-refractivity contribution is 5.78. The first-order chi connectivity index (χ1) is 12.5. The molecule has 0 amide bonds.